The van der Waals surface area contributed by atoms with E-state index < -0.39 is 52.6 Å². The second kappa shape index (κ2) is 9.79. The maximum atomic E-state index is 13.1. The number of aromatic hydroxyl groups is 2. The molecule has 0 spiro atoms. The molecule has 1 aromatic heterocycles. The molecular weight excluding hydrogens is 406 g/mol. The van der Waals surface area contributed by atoms with Gasteiger partial charge in [0.15, 0.2) is 5.75 Å². The Bertz CT molecular complexity index is 1090. The van der Waals surface area contributed by atoms with Crippen molar-refractivity contribution in [3.63, 3.8) is 0 Å². The van der Waals surface area contributed by atoms with Gasteiger partial charge < -0.3 is 26.0 Å². The quantitative estimate of drug-likeness (QED) is 0.393. The van der Waals surface area contributed by atoms with Crippen LogP contribution < -0.4 is 16.2 Å². The van der Waals surface area contributed by atoms with Gasteiger partial charge in [-0.3, -0.25) is 19.2 Å². The molecule has 0 aliphatic heterocycles. The van der Waals surface area contributed by atoms with E-state index in [2.05, 4.69) is 5.32 Å². The van der Waals surface area contributed by atoms with Gasteiger partial charge in [-0.2, -0.15) is 0 Å². The summed E-state index contributed by atoms with van der Waals surface area (Å²) in [5.74, 6) is -5.37. The summed E-state index contributed by atoms with van der Waals surface area (Å²) in [7, 11) is 0. The van der Waals surface area contributed by atoms with Crippen LogP contribution in [0.25, 0.3) is 5.69 Å². The molecule has 0 fully saturated rings. The normalized spacial score (nSPS) is 10.5. The second-order valence-corrected chi connectivity index (χ2v) is 7.02. The second-order valence-electron chi connectivity index (χ2n) is 7.02. The predicted octanol–water partition coefficient (Wildman–Crippen LogP) is 1.21. The van der Waals surface area contributed by atoms with Crippen molar-refractivity contribution in [2.24, 2.45) is 0 Å². The molecule has 0 aliphatic rings. The van der Waals surface area contributed by atoms with Crippen LogP contribution in [0.15, 0.2) is 23.0 Å². The first-order valence-corrected chi connectivity index (χ1v) is 9.66. The molecule has 5 N–H and O–H groups in total. The Hall–Kier alpha value is -3.82. The van der Waals surface area contributed by atoms with Crippen molar-refractivity contribution >= 4 is 17.8 Å². The van der Waals surface area contributed by atoms with E-state index >= 15 is 0 Å². The van der Waals surface area contributed by atoms with Gasteiger partial charge in [-0.05, 0) is 43.5 Å². The summed E-state index contributed by atoms with van der Waals surface area (Å²) in [6, 6.07) is 4.78. The minimum Gasteiger partial charge on any atom is -0.506 e. The molecule has 2 amide bonds. The van der Waals surface area contributed by atoms with Gasteiger partial charge in [0, 0.05) is 6.54 Å². The van der Waals surface area contributed by atoms with Gasteiger partial charge in [0.2, 0.25) is 5.88 Å². The van der Waals surface area contributed by atoms with Crippen LogP contribution in [0.5, 0.6) is 11.6 Å². The fourth-order valence-corrected chi connectivity index (χ4v) is 2.88. The van der Waals surface area contributed by atoms with Crippen molar-refractivity contribution in [2.45, 2.75) is 33.6 Å². The summed E-state index contributed by atoms with van der Waals surface area (Å²) < 4.78 is 0.733. The number of hydrogen-bond acceptors (Lipinski definition) is 6. The molecule has 166 valence electrons. The van der Waals surface area contributed by atoms with Gasteiger partial charge in [-0.25, -0.2) is 4.57 Å². The van der Waals surface area contributed by atoms with Crippen LogP contribution in [0, 0.1) is 13.8 Å². The van der Waals surface area contributed by atoms with Crippen LogP contribution in [0.3, 0.4) is 0 Å². The van der Waals surface area contributed by atoms with E-state index in [1.165, 1.54) is 6.07 Å². The number of rotatable bonds is 8. The molecule has 0 saturated heterocycles. The number of aromatic nitrogens is 1. The Balaban J connectivity index is 2.75. The van der Waals surface area contributed by atoms with E-state index in [0.717, 1.165) is 22.1 Å². The highest BCUT2D eigenvalue weighted by Gasteiger charge is 2.30. The molecule has 0 radical (unpaired) electrons. The van der Waals surface area contributed by atoms with Crippen molar-refractivity contribution in [3.05, 3.63) is 50.8 Å². The van der Waals surface area contributed by atoms with E-state index in [-0.39, 0.29) is 12.2 Å². The van der Waals surface area contributed by atoms with Crippen molar-refractivity contribution in [2.75, 3.05) is 13.1 Å². The smallest absolute Gasteiger partial charge is 0.322 e. The Morgan fingerprint density at radius 2 is 1.65 bits per heavy atom. The number of carbonyl (C=O) groups is 3. The Morgan fingerprint density at radius 1 is 1.00 bits per heavy atom. The van der Waals surface area contributed by atoms with Gasteiger partial charge in [0.25, 0.3) is 17.4 Å². The fraction of sp³-hybridized carbons (Fsp3) is 0.333. The van der Waals surface area contributed by atoms with E-state index in [9.17, 15) is 29.4 Å². The van der Waals surface area contributed by atoms with E-state index in [4.69, 9.17) is 5.11 Å². The van der Waals surface area contributed by atoms with Crippen LogP contribution in [-0.4, -0.2) is 50.8 Å². The molecule has 10 heteroatoms. The average Bonchev–Trinajstić information content (AvgIpc) is 2.69. The molecule has 10 nitrogen and oxygen atoms in total. The van der Waals surface area contributed by atoms with Gasteiger partial charge in [-0.15, -0.1) is 0 Å². The predicted molar refractivity (Wildman–Crippen MR) is 112 cm³/mol. The number of aryl methyl sites for hydroxylation is 2. The molecule has 1 aromatic carbocycles. The first-order valence-electron chi connectivity index (χ1n) is 9.66. The number of amides is 2. The third kappa shape index (κ3) is 5.03. The van der Waals surface area contributed by atoms with Crippen LogP contribution in [0.2, 0.25) is 0 Å². The van der Waals surface area contributed by atoms with Gasteiger partial charge >= 0.3 is 5.97 Å². The summed E-state index contributed by atoms with van der Waals surface area (Å²) in [5, 5.41) is 34.5. The van der Waals surface area contributed by atoms with Crippen LogP contribution >= 0.6 is 0 Å². The Labute approximate surface area is 178 Å². The highest BCUT2D eigenvalue weighted by molar-refractivity contribution is 6.05. The molecule has 2 aromatic rings. The third-order valence-electron chi connectivity index (χ3n) is 4.74. The topological polar surface area (TPSA) is 158 Å². The molecule has 0 aliphatic carbocycles. The molecule has 31 heavy (non-hydrogen) atoms. The highest BCUT2D eigenvalue weighted by Crippen LogP contribution is 2.30. The summed E-state index contributed by atoms with van der Waals surface area (Å²) in [5.41, 5.74) is -0.676. The lowest BCUT2D eigenvalue weighted by Gasteiger charge is -2.17. The molecule has 0 atom stereocenters. The van der Waals surface area contributed by atoms with Gasteiger partial charge in [0.05, 0.1) is 5.69 Å². The molecule has 0 bridgehead atoms. The van der Waals surface area contributed by atoms with Crippen molar-refractivity contribution in [3.8, 4) is 17.3 Å². The zero-order valence-electron chi connectivity index (χ0n) is 17.5. The number of benzene rings is 1. The number of pyridine rings is 1. The minimum absolute atomic E-state index is 0.167. The van der Waals surface area contributed by atoms with Crippen LogP contribution in [0.1, 0.15) is 51.6 Å². The molecule has 1 heterocycles. The summed E-state index contributed by atoms with van der Waals surface area (Å²) in [4.78, 5) is 49.0. The lowest BCUT2D eigenvalue weighted by atomic mass is 10.1. The number of nitrogens with one attached hydrogen (secondary N) is 2. The standard InChI is InChI=1S/C21H25N3O7/c1-4-5-8-22-18(28)15-17(27)16(19(29)23-10-14(25)26)21(31)24(20(15)30)13-7-6-11(2)12(3)9-13/h6-7,9,27,31H,4-5,8,10H2,1-3H3,(H,22,28)(H,23,29)(H,25,26). The fourth-order valence-electron chi connectivity index (χ4n) is 2.88. The monoisotopic (exact) mass is 431 g/mol. The minimum atomic E-state index is -1.35. The third-order valence-corrected chi connectivity index (χ3v) is 4.74. The zero-order valence-corrected chi connectivity index (χ0v) is 17.5. The number of unbranched alkanes of at least 4 members (excludes halogenated alkanes) is 1. The molecule has 2 rings (SSSR count). The summed E-state index contributed by atoms with van der Waals surface area (Å²) >= 11 is 0. The summed E-state index contributed by atoms with van der Waals surface area (Å²) in [6.45, 7) is 4.97. The Morgan fingerprint density at radius 3 is 2.23 bits per heavy atom. The van der Waals surface area contributed by atoms with Crippen LogP contribution in [-0.2, 0) is 4.79 Å². The maximum Gasteiger partial charge on any atom is 0.322 e. The first-order chi connectivity index (χ1) is 14.6. The molecule has 0 unspecified atom stereocenters. The SMILES string of the molecule is CCCCNC(=O)c1c(O)c(C(=O)NCC(=O)O)c(O)n(-c2ccc(C)c(C)c2)c1=O. The first kappa shape index (κ1) is 23.5. The number of nitrogens with zero attached hydrogens (tertiary/aromatic N) is 1. The number of carboxylic acid groups (broad SMARTS) is 1. The van der Waals surface area contributed by atoms with Crippen molar-refractivity contribution < 1.29 is 29.7 Å². The van der Waals surface area contributed by atoms with Crippen molar-refractivity contribution in [1.82, 2.24) is 15.2 Å². The molecular formula is C21H25N3O7. The van der Waals surface area contributed by atoms with Gasteiger partial charge in [0.1, 0.15) is 17.7 Å². The Kier molecular flexibility index (Phi) is 7.41. The zero-order chi connectivity index (χ0) is 23.3. The van der Waals surface area contributed by atoms with Crippen molar-refractivity contribution in [1.29, 1.82) is 0 Å². The number of hydrogen-bond donors (Lipinski definition) is 5. The highest BCUT2D eigenvalue weighted by atomic mass is 16.4. The number of aliphatic carboxylic acids is 1. The maximum absolute atomic E-state index is 13.1. The molecule has 0 saturated carbocycles. The lowest BCUT2D eigenvalue weighted by molar-refractivity contribution is -0.135. The summed E-state index contributed by atoms with van der Waals surface area (Å²) in [6.07, 6.45) is 1.40. The van der Waals surface area contributed by atoms with E-state index in [1.54, 1.807) is 19.1 Å². The van der Waals surface area contributed by atoms with E-state index in [1.807, 2.05) is 19.2 Å². The largest absolute Gasteiger partial charge is 0.506 e. The average molecular weight is 431 g/mol. The lowest BCUT2D eigenvalue weighted by Crippen LogP contribution is -2.36. The van der Waals surface area contributed by atoms with Crippen LogP contribution in [0.4, 0.5) is 0 Å². The van der Waals surface area contributed by atoms with E-state index in [0.29, 0.717) is 6.42 Å². The number of carboxylic acids is 1. The van der Waals surface area contributed by atoms with Gasteiger partial charge in [-0.1, -0.05) is 19.4 Å². The number of carbonyl (C=O) groups excluding carboxylic acids is 2.